The van der Waals surface area contributed by atoms with Gasteiger partial charge in [0.15, 0.2) is 0 Å². The summed E-state index contributed by atoms with van der Waals surface area (Å²) in [6.45, 7) is 2.15. The Morgan fingerprint density at radius 2 is 1.66 bits per heavy atom. The van der Waals surface area contributed by atoms with Crippen LogP contribution in [0.1, 0.15) is 76.7 Å². The monoisotopic (exact) mass is 787 g/mol. The Bertz CT molecular complexity index is 1970. The Morgan fingerprint density at radius 1 is 0.981 bits per heavy atom. The zero-order valence-electron chi connectivity index (χ0n) is 30.1. The first-order chi connectivity index (χ1) is 25.2. The largest absolute Gasteiger partial charge is 0.465 e. The van der Waals surface area contributed by atoms with Gasteiger partial charge in [-0.2, -0.15) is 4.31 Å². The van der Waals surface area contributed by atoms with Crippen molar-refractivity contribution in [1.82, 2.24) is 18.9 Å². The van der Waals surface area contributed by atoms with Crippen molar-refractivity contribution in [2.75, 3.05) is 12.8 Å². The van der Waals surface area contributed by atoms with E-state index < -0.39 is 55.3 Å². The Morgan fingerprint density at radius 3 is 2.32 bits per heavy atom. The predicted molar refractivity (Wildman–Crippen MR) is 203 cm³/mol. The van der Waals surface area contributed by atoms with Gasteiger partial charge in [-0.3, -0.25) is 19.1 Å². The minimum Gasteiger partial charge on any atom is -0.465 e. The van der Waals surface area contributed by atoms with Crippen LogP contribution in [0, 0.1) is 17.8 Å². The second kappa shape index (κ2) is 16.4. The van der Waals surface area contributed by atoms with Crippen molar-refractivity contribution in [3.8, 4) is 5.19 Å². The van der Waals surface area contributed by atoms with Crippen molar-refractivity contribution in [3.05, 3.63) is 60.2 Å². The third-order valence-corrected chi connectivity index (χ3v) is 14.7. The van der Waals surface area contributed by atoms with Crippen LogP contribution in [0.25, 0.3) is 10.2 Å². The van der Waals surface area contributed by atoms with E-state index in [0.29, 0.717) is 30.9 Å². The third-order valence-electron chi connectivity index (χ3n) is 10.7. The summed E-state index contributed by atoms with van der Waals surface area (Å²) in [5.41, 5.74) is 7.33. The summed E-state index contributed by atoms with van der Waals surface area (Å²) in [7, 11) is -7.42. The van der Waals surface area contributed by atoms with E-state index in [1.807, 2.05) is 54.6 Å². The number of rotatable bonds is 19. The normalized spacial score (nSPS) is 22.8. The summed E-state index contributed by atoms with van der Waals surface area (Å²) in [5.74, 6) is -1.40. The molecule has 3 amide bonds. The molecule has 1 saturated heterocycles. The van der Waals surface area contributed by atoms with E-state index >= 15 is 0 Å². The third kappa shape index (κ3) is 9.94. The van der Waals surface area contributed by atoms with Gasteiger partial charge in [0, 0.05) is 18.9 Å². The zero-order chi connectivity index (χ0) is 37.9. The molecule has 3 aliphatic rings. The molecule has 53 heavy (non-hydrogen) atoms. The number of nitrogens with zero attached hydrogens (tertiary/aromatic N) is 3. The second-order valence-corrected chi connectivity index (χ2v) is 19.7. The smallest absolute Gasteiger partial charge is 0.274 e. The van der Waals surface area contributed by atoms with Gasteiger partial charge in [0.1, 0.15) is 18.2 Å². The SMILES string of the molecule is CC(CCCCCCC(C(=O)N1CC(Oc2nc3ccccc3s2)C[C@H]1C(N)=O)N(Cc1ccccc1)S(C)(=O)=O)[C@@H]1C[C@@H]1C(=O)NS(=O)(=O)C1CC1. The fourth-order valence-corrected chi connectivity index (χ4v) is 10.7. The van der Waals surface area contributed by atoms with Crippen LogP contribution in [0.4, 0.5) is 0 Å². The number of amides is 3. The summed E-state index contributed by atoms with van der Waals surface area (Å²) in [5, 5.41) is -0.0108. The first-order valence-corrected chi connectivity index (χ1v) is 22.6. The molecule has 6 atom stereocenters. The van der Waals surface area contributed by atoms with Crippen molar-refractivity contribution in [1.29, 1.82) is 0 Å². The Balaban J connectivity index is 1.08. The number of nitrogens with two attached hydrogens (primary N) is 1. The van der Waals surface area contributed by atoms with Crippen LogP contribution in [-0.4, -0.2) is 85.0 Å². The van der Waals surface area contributed by atoms with Crippen LogP contribution in [-0.2, 0) is 41.0 Å². The van der Waals surface area contributed by atoms with Gasteiger partial charge >= 0.3 is 0 Å². The molecule has 6 rings (SSSR count). The Labute approximate surface area is 315 Å². The van der Waals surface area contributed by atoms with E-state index in [-0.39, 0.29) is 49.6 Å². The summed E-state index contributed by atoms with van der Waals surface area (Å²) >= 11 is 1.37. The van der Waals surface area contributed by atoms with Crippen LogP contribution in [0.15, 0.2) is 54.6 Å². The number of sulfonamides is 2. The number of carbonyl (C=O) groups excluding carboxylic acids is 3. The summed E-state index contributed by atoms with van der Waals surface area (Å²) in [4.78, 5) is 45.6. The number of aromatic nitrogens is 1. The molecule has 3 fully saturated rings. The van der Waals surface area contributed by atoms with Gasteiger partial charge in [-0.25, -0.2) is 21.8 Å². The van der Waals surface area contributed by atoms with Crippen LogP contribution in [0.5, 0.6) is 5.19 Å². The summed E-state index contributed by atoms with van der Waals surface area (Å²) in [6, 6.07) is 14.7. The average Bonchev–Trinajstić information content (AvgIpc) is 4.04. The minimum atomic E-state index is -3.88. The molecule has 1 aliphatic heterocycles. The fraction of sp³-hybridized carbons (Fsp3) is 0.568. The average molecular weight is 788 g/mol. The van der Waals surface area contributed by atoms with E-state index in [1.54, 1.807) is 0 Å². The van der Waals surface area contributed by atoms with Gasteiger partial charge in [0.25, 0.3) is 5.19 Å². The molecule has 2 heterocycles. The first kappa shape index (κ1) is 39.1. The lowest BCUT2D eigenvalue weighted by molar-refractivity contribution is -0.141. The Hall–Kier alpha value is -3.60. The van der Waals surface area contributed by atoms with E-state index in [1.165, 1.54) is 20.5 Å². The maximum atomic E-state index is 14.5. The topological polar surface area (TPSA) is 186 Å². The number of benzene rings is 2. The Kier molecular flexibility index (Phi) is 12.1. The number of unbranched alkanes of at least 4 members (excludes halogenated alkanes) is 3. The molecule has 0 bridgehead atoms. The van der Waals surface area contributed by atoms with Crippen molar-refractivity contribution in [3.63, 3.8) is 0 Å². The van der Waals surface area contributed by atoms with Crippen LogP contribution in [0.2, 0.25) is 0 Å². The number of primary amides is 1. The molecule has 13 nitrogen and oxygen atoms in total. The lowest BCUT2D eigenvalue weighted by Crippen LogP contribution is -2.54. The highest BCUT2D eigenvalue weighted by molar-refractivity contribution is 7.91. The van der Waals surface area contributed by atoms with E-state index in [2.05, 4.69) is 16.6 Å². The molecule has 3 unspecified atom stereocenters. The number of hydrogen-bond donors (Lipinski definition) is 2. The molecule has 2 aliphatic carbocycles. The molecule has 0 radical (unpaired) electrons. The van der Waals surface area contributed by atoms with E-state index in [9.17, 15) is 31.2 Å². The van der Waals surface area contributed by atoms with Gasteiger partial charge in [0.2, 0.25) is 37.8 Å². The molecule has 3 N–H and O–H groups in total. The number of nitrogens with one attached hydrogen (secondary N) is 1. The van der Waals surface area contributed by atoms with Crippen LogP contribution >= 0.6 is 11.3 Å². The molecular formula is C37H49N5O8S3. The van der Waals surface area contributed by atoms with Gasteiger partial charge in [0.05, 0.1) is 28.3 Å². The second-order valence-electron chi connectivity index (χ2n) is 14.8. The lowest BCUT2D eigenvalue weighted by Gasteiger charge is -2.33. The molecular weight excluding hydrogens is 739 g/mol. The number of hydrogen-bond acceptors (Lipinski definition) is 10. The van der Waals surface area contributed by atoms with Crippen LogP contribution in [0.3, 0.4) is 0 Å². The maximum absolute atomic E-state index is 14.5. The van der Waals surface area contributed by atoms with Crippen molar-refractivity contribution in [2.24, 2.45) is 23.5 Å². The summed E-state index contributed by atoms with van der Waals surface area (Å²) in [6.07, 6.45) is 6.77. The molecule has 2 aromatic carbocycles. The predicted octanol–water partition coefficient (Wildman–Crippen LogP) is 4.18. The highest BCUT2D eigenvalue weighted by Crippen LogP contribution is 2.46. The quantitative estimate of drug-likeness (QED) is 0.168. The number of thiazole rings is 1. The molecule has 0 spiro atoms. The van der Waals surface area contributed by atoms with Gasteiger partial charge in [-0.1, -0.05) is 92.8 Å². The first-order valence-electron chi connectivity index (χ1n) is 18.4. The van der Waals surface area contributed by atoms with Crippen molar-refractivity contribution < 1.29 is 36.0 Å². The molecule has 288 valence electrons. The van der Waals surface area contributed by atoms with E-state index in [0.717, 1.165) is 47.7 Å². The van der Waals surface area contributed by atoms with Gasteiger partial charge < -0.3 is 15.4 Å². The standard InChI is InChI=1S/C37H49N5O8S3/c1-24(28-21-29(28)35(44)40-53(48,49)27-18-19-27)12-6-3-4-9-16-31(42(52(2,46)47)22-25-13-7-5-8-14-25)36(45)41-23-26(20-32(41)34(38)43)50-37-39-30-15-10-11-17-33(30)51-37/h5,7-8,10-11,13-15,17,24,26-29,31-32H,3-4,6,9,12,16,18-23H2,1-2H3,(H2,38,43)(H,40,44)/t24?,26?,28-,29-,31?,32-/m0/s1. The molecule has 3 aromatic rings. The minimum absolute atomic E-state index is 0.00754. The highest BCUT2D eigenvalue weighted by atomic mass is 32.2. The number of ether oxygens (including phenoxy) is 1. The van der Waals surface area contributed by atoms with E-state index in [4.69, 9.17) is 10.5 Å². The number of likely N-dealkylation sites (tertiary alicyclic amines) is 1. The molecule has 16 heteroatoms. The number of fused-ring (bicyclic) bond motifs is 1. The van der Waals surface area contributed by atoms with Gasteiger partial charge in [-0.15, -0.1) is 0 Å². The van der Waals surface area contributed by atoms with Crippen LogP contribution < -0.4 is 15.2 Å². The lowest BCUT2D eigenvalue weighted by atomic mass is 9.96. The molecule has 1 aromatic heterocycles. The molecule has 2 saturated carbocycles. The number of carbonyl (C=O) groups is 3. The van der Waals surface area contributed by atoms with Crippen molar-refractivity contribution >= 4 is 59.3 Å². The van der Waals surface area contributed by atoms with Crippen molar-refractivity contribution in [2.45, 2.75) is 101 Å². The summed E-state index contributed by atoms with van der Waals surface area (Å²) < 4.78 is 61.6. The zero-order valence-corrected chi connectivity index (χ0v) is 32.6. The van der Waals surface area contributed by atoms with Gasteiger partial charge in [-0.05, 0) is 55.2 Å². The maximum Gasteiger partial charge on any atom is 0.274 e. The fourth-order valence-electron chi connectivity index (χ4n) is 7.44. The number of para-hydroxylation sites is 1. The highest BCUT2D eigenvalue weighted by Gasteiger charge is 2.48.